The number of ketones is 1. The minimum absolute atomic E-state index is 0.0504. The molecule has 0 bridgehead atoms. The monoisotopic (exact) mass is 278 g/mol. The number of carbonyl (C=O) groups is 1. The Hall–Kier alpha value is -0.0300. The Bertz CT molecular complexity index is 363. The number of halogens is 1. The molecule has 0 radical (unpaired) electrons. The second kappa shape index (κ2) is 6.05. The molecule has 0 aliphatic rings. The first-order valence-corrected chi connectivity index (χ1v) is 7.18. The van der Waals surface area contributed by atoms with Gasteiger partial charge >= 0.3 is 0 Å². The van der Waals surface area contributed by atoms with Crippen LogP contribution in [0.5, 0.6) is 0 Å². The summed E-state index contributed by atoms with van der Waals surface area (Å²) in [6.07, 6.45) is -0.410. The third-order valence-electron chi connectivity index (χ3n) is 2.28. The molecule has 90 valence electrons. The smallest absolute Gasteiger partial charge is 0.185 e. The van der Waals surface area contributed by atoms with Crippen LogP contribution in [0.4, 0.5) is 0 Å². The number of hydrogen-bond acceptors (Lipinski definition) is 4. The van der Waals surface area contributed by atoms with Gasteiger partial charge in [0.05, 0.1) is 20.6 Å². The molecule has 1 heterocycles. The molecule has 0 saturated carbocycles. The van der Waals surface area contributed by atoms with Gasteiger partial charge in [0.1, 0.15) is 0 Å². The van der Waals surface area contributed by atoms with E-state index in [9.17, 15) is 9.90 Å². The summed E-state index contributed by atoms with van der Waals surface area (Å²) in [5.41, 5.74) is 0. The molecule has 3 unspecified atom stereocenters. The average molecular weight is 279 g/mol. The van der Waals surface area contributed by atoms with Crippen LogP contribution in [0.1, 0.15) is 30.4 Å². The molecule has 1 aromatic rings. The molecule has 0 fully saturated rings. The van der Waals surface area contributed by atoms with Crippen molar-refractivity contribution in [2.45, 2.75) is 37.4 Å². The van der Waals surface area contributed by atoms with E-state index in [0.29, 0.717) is 9.21 Å². The van der Waals surface area contributed by atoms with Crippen molar-refractivity contribution in [3.05, 3.63) is 21.3 Å². The van der Waals surface area contributed by atoms with Crippen LogP contribution in [0.3, 0.4) is 0 Å². The molecule has 16 heavy (non-hydrogen) atoms. The van der Waals surface area contributed by atoms with E-state index >= 15 is 0 Å². The van der Waals surface area contributed by atoms with E-state index in [1.165, 1.54) is 23.1 Å². The summed E-state index contributed by atoms with van der Waals surface area (Å²) in [5, 5.41) is 9.27. The number of hydrogen-bond donors (Lipinski definition) is 1. The van der Waals surface area contributed by atoms with E-state index in [2.05, 4.69) is 0 Å². The van der Waals surface area contributed by atoms with Gasteiger partial charge in [-0.1, -0.05) is 18.5 Å². The molecule has 0 spiro atoms. The van der Waals surface area contributed by atoms with Crippen LogP contribution in [0, 0.1) is 0 Å². The van der Waals surface area contributed by atoms with Gasteiger partial charge < -0.3 is 5.11 Å². The van der Waals surface area contributed by atoms with E-state index in [4.69, 9.17) is 11.6 Å². The number of aliphatic hydroxyl groups excluding tert-OH is 1. The molecule has 1 aromatic heterocycles. The highest BCUT2D eigenvalue weighted by Gasteiger charge is 2.21. The summed E-state index contributed by atoms with van der Waals surface area (Å²) in [4.78, 5) is 12.6. The lowest BCUT2D eigenvalue weighted by atomic mass is 10.2. The number of Topliss-reactive ketones (excluding diaryl/α,β-unsaturated/α-hetero) is 1. The average Bonchev–Trinajstić information content (AvgIpc) is 2.63. The van der Waals surface area contributed by atoms with Crippen LogP contribution in [0.15, 0.2) is 12.1 Å². The summed E-state index contributed by atoms with van der Waals surface area (Å²) in [5.74, 6) is 0.0781. The summed E-state index contributed by atoms with van der Waals surface area (Å²) in [6, 6.07) is 3.48. The molecular weight excluding hydrogens is 264 g/mol. The van der Waals surface area contributed by atoms with Crippen molar-refractivity contribution in [1.82, 2.24) is 0 Å². The quantitative estimate of drug-likeness (QED) is 0.838. The van der Waals surface area contributed by atoms with Crippen LogP contribution in [-0.4, -0.2) is 27.5 Å². The molecule has 3 atom stereocenters. The molecule has 2 nitrogen and oxygen atoms in total. The molecule has 1 N–H and O–H groups in total. The summed E-state index contributed by atoms with van der Waals surface area (Å²) >= 11 is 8.57. The zero-order valence-corrected chi connectivity index (χ0v) is 11.8. The van der Waals surface area contributed by atoms with Crippen molar-refractivity contribution in [2.75, 3.05) is 0 Å². The second-order valence-corrected chi connectivity index (χ2v) is 7.13. The van der Waals surface area contributed by atoms with Crippen molar-refractivity contribution in [3.63, 3.8) is 0 Å². The SMILES string of the molecule is CC(SC(C)C(C)O)C(=O)c1ccc(Cl)s1. The topological polar surface area (TPSA) is 37.3 Å². The van der Waals surface area contributed by atoms with Crippen LogP contribution in [0.2, 0.25) is 4.34 Å². The third-order valence-corrected chi connectivity index (χ3v) is 4.97. The van der Waals surface area contributed by atoms with Gasteiger partial charge in [0.15, 0.2) is 5.78 Å². The van der Waals surface area contributed by atoms with E-state index in [1.807, 2.05) is 13.8 Å². The largest absolute Gasteiger partial charge is 0.392 e. The Morgan fingerprint density at radius 2 is 2.06 bits per heavy atom. The molecule has 0 saturated heterocycles. The zero-order valence-electron chi connectivity index (χ0n) is 9.44. The van der Waals surface area contributed by atoms with Crippen molar-refractivity contribution < 1.29 is 9.90 Å². The normalized spacial score (nSPS) is 16.8. The third kappa shape index (κ3) is 3.77. The Balaban J connectivity index is 2.61. The van der Waals surface area contributed by atoms with Crippen molar-refractivity contribution in [1.29, 1.82) is 0 Å². The van der Waals surface area contributed by atoms with Gasteiger partial charge in [-0.05, 0) is 26.0 Å². The first-order valence-electron chi connectivity index (χ1n) is 5.05. The highest BCUT2D eigenvalue weighted by atomic mass is 35.5. The molecule has 0 aliphatic heterocycles. The van der Waals surface area contributed by atoms with E-state index in [0.717, 1.165) is 0 Å². The van der Waals surface area contributed by atoms with Gasteiger partial charge in [-0.25, -0.2) is 0 Å². The molecule has 0 aliphatic carbocycles. The number of rotatable bonds is 5. The van der Waals surface area contributed by atoms with Gasteiger partial charge in [0, 0.05) is 5.25 Å². The van der Waals surface area contributed by atoms with E-state index in [-0.39, 0.29) is 16.3 Å². The van der Waals surface area contributed by atoms with Crippen molar-refractivity contribution in [3.8, 4) is 0 Å². The zero-order chi connectivity index (χ0) is 12.3. The fourth-order valence-electron chi connectivity index (χ4n) is 1.14. The summed E-state index contributed by atoms with van der Waals surface area (Å²) in [7, 11) is 0. The standard InChI is InChI=1S/C11H15ClO2S2/c1-6(13)7(2)15-8(3)11(14)9-4-5-10(12)16-9/h4-8,13H,1-3H3. The van der Waals surface area contributed by atoms with Crippen LogP contribution >= 0.6 is 34.7 Å². The van der Waals surface area contributed by atoms with Gasteiger partial charge in [0.2, 0.25) is 0 Å². The maximum absolute atomic E-state index is 12.0. The molecule has 1 rings (SSSR count). The predicted molar refractivity (Wildman–Crippen MR) is 71.9 cm³/mol. The van der Waals surface area contributed by atoms with Crippen molar-refractivity contribution >= 4 is 40.5 Å². The Kier molecular flexibility index (Phi) is 5.31. The van der Waals surface area contributed by atoms with Crippen LogP contribution in [0.25, 0.3) is 0 Å². The Morgan fingerprint density at radius 3 is 2.50 bits per heavy atom. The molecule has 5 heteroatoms. The minimum Gasteiger partial charge on any atom is -0.392 e. The van der Waals surface area contributed by atoms with Crippen LogP contribution < -0.4 is 0 Å². The van der Waals surface area contributed by atoms with Gasteiger partial charge in [-0.2, -0.15) is 0 Å². The highest BCUT2D eigenvalue weighted by molar-refractivity contribution is 8.01. The van der Waals surface area contributed by atoms with E-state index < -0.39 is 6.10 Å². The summed E-state index contributed by atoms with van der Waals surface area (Å²) in [6.45, 7) is 5.51. The number of carbonyl (C=O) groups excluding carboxylic acids is 1. The first-order chi connectivity index (χ1) is 7.41. The van der Waals surface area contributed by atoms with E-state index in [1.54, 1.807) is 19.1 Å². The first kappa shape index (κ1) is 14.0. The van der Waals surface area contributed by atoms with Gasteiger partial charge in [0.25, 0.3) is 0 Å². The predicted octanol–water partition coefficient (Wildman–Crippen LogP) is 3.48. The molecule has 0 amide bonds. The molecule has 0 aromatic carbocycles. The lowest BCUT2D eigenvalue weighted by Gasteiger charge is -2.17. The maximum atomic E-state index is 12.0. The van der Waals surface area contributed by atoms with Gasteiger partial charge in [-0.3, -0.25) is 4.79 Å². The highest BCUT2D eigenvalue weighted by Crippen LogP contribution is 2.28. The molecular formula is C11H15ClO2S2. The lowest BCUT2D eigenvalue weighted by molar-refractivity contribution is 0.0997. The number of aliphatic hydroxyl groups is 1. The van der Waals surface area contributed by atoms with Crippen molar-refractivity contribution in [2.24, 2.45) is 0 Å². The Morgan fingerprint density at radius 1 is 1.44 bits per heavy atom. The van der Waals surface area contributed by atoms with Crippen LogP contribution in [-0.2, 0) is 0 Å². The fraction of sp³-hybridized carbons (Fsp3) is 0.545. The number of thiophene rings is 1. The number of thioether (sulfide) groups is 1. The maximum Gasteiger partial charge on any atom is 0.185 e. The van der Waals surface area contributed by atoms with Gasteiger partial charge in [-0.15, -0.1) is 23.1 Å². The minimum atomic E-state index is -0.410. The lowest BCUT2D eigenvalue weighted by Crippen LogP contribution is -2.22. The Labute approximate surface area is 109 Å². The second-order valence-electron chi connectivity index (χ2n) is 3.69. The summed E-state index contributed by atoms with van der Waals surface area (Å²) < 4.78 is 0.629. The fourth-order valence-corrected chi connectivity index (χ4v) is 3.41.